The normalized spacial score (nSPS) is 11.0. The maximum atomic E-state index is 13.3. The third kappa shape index (κ3) is 2.42. The molecule has 0 saturated heterocycles. The maximum Gasteiger partial charge on any atom is 0.163 e. The molecule has 0 amide bonds. The van der Waals surface area contributed by atoms with Gasteiger partial charge < -0.3 is 4.90 Å². The zero-order valence-corrected chi connectivity index (χ0v) is 11.6. The highest BCUT2D eigenvalue weighted by molar-refractivity contribution is 5.86. The molecule has 5 nitrogen and oxygen atoms in total. The van der Waals surface area contributed by atoms with E-state index in [1.165, 1.54) is 12.4 Å². The number of benzene rings is 1. The van der Waals surface area contributed by atoms with Crippen LogP contribution >= 0.6 is 0 Å². The Morgan fingerprint density at radius 3 is 2.76 bits per heavy atom. The SMILES string of the molecule is CN(Cc1ccc(F)c(F)c1)c1ncnc2c1cnn2C. The van der Waals surface area contributed by atoms with Crippen LogP contribution in [0.15, 0.2) is 30.7 Å². The second-order valence-corrected chi connectivity index (χ2v) is 4.81. The summed E-state index contributed by atoms with van der Waals surface area (Å²) in [5.41, 5.74) is 1.38. The Hall–Kier alpha value is -2.57. The standard InChI is InChI=1S/C14H13F2N5/c1-20(7-9-3-4-11(15)12(16)5-9)13-10-6-19-21(2)14(10)18-8-17-13/h3-6,8H,7H2,1-2H3. The first-order chi connectivity index (χ1) is 10.1. The third-order valence-corrected chi connectivity index (χ3v) is 3.27. The minimum atomic E-state index is -0.852. The average Bonchev–Trinajstić information content (AvgIpc) is 2.85. The fourth-order valence-electron chi connectivity index (χ4n) is 2.24. The second-order valence-electron chi connectivity index (χ2n) is 4.81. The second kappa shape index (κ2) is 5.08. The fraction of sp³-hybridized carbons (Fsp3) is 0.214. The highest BCUT2D eigenvalue weighted by atomic mass is 19.2. The Balaban J connectivity index is 1.93. The minimum Gasteiger partial charge on any atom is -0.355 e. The van der Waals surface area contributed by atoms with Gasteiger partial charge in [-0.2, -0.15) is 5.10 Å². The van der Waals surface area contributed by atoms with Crippen LogP contribution in [0.3, 0.4) is 0 Å². The molecule has 7 heteroatoms. The van der Waals surface area contributed by atoms with Gasteiger partial charge in [0.15, 0.2) is 17.3 Å². The average molecular weight is 289 g/mol. The van der Waals surface area contributed by atoms with E-state index < -0.39 is 11.6 Å². The fourth-order valence-corrected chi connectivity index (χ4v) is 2.24. The van der Waals surface area contributed by atoms with E-state index in [4.69, 9.17) is 0 Å². The monoisotopic (exact) mass is 289 g/mol. The number of aromatic nitrogens is 4. The number of hydrogen-bond donors (Lipinski definition) is 0. The third-order valence-electron chi connectivity index (χ3n) is 3.27. The molecule has 0 N–H and O–H groups in total. The molecule has 3 aromatic rings. The number of aryl methyl sites for hydroxylation is 1. The molecule has 21 heavy (non-hydrogen) atoms. The van der Waals surface area contributed by atoms with Crippen LogP contribution in [0.4, 0.5) is 14.6 Å². The summed E-state index contributed by atoms with van der Waals surface area (Å²) in [6.45, 7) is 0.401. The van der Waals surface area contributed by atoms with Crippen molar-refractivity contribution >= 4 is 16.9 Å². The molecule has 0 bridgehead atoms. The number of nitrogens with zero attached hydrogens (tertiary/aromatic N) is 5. The van der Waals surface area contributed by atoms with E-state index >= 15 is 0 Å². The van der Waals surface area contributed by atoms with Gasteiger partial charge in [-0.1, -0.05) is 6.07 Å². The maximum absolute atomic E-state index is 13.3. The van der Waals surface area contributed by atoms with Crippen LogP contribution in [-0.2, 0) is 13.6 Å². The molecule has 0 aliphatic carbocycles. The number of fused-ring (bicyclic) bond motifs is 1. The van der Waals surface area contributed by atoms with E-state index in [1.54, 1.807) is 24.0 Å². The highest BCUT2D eigenvalue weighted by Gasteiger charge is 2.12. The van der Waals surface area contributed by atoms with Crippen molar-refractivity contribution in [2.24, 2.45) is 7.05 Å². The highest BCUT2D eigenvalue weighted by Crippen LogP contribution is 2.22. The molecule has 0 saturated carbocycles. The predicted octanol–water partition coefficient (Wildman–Crippen LogP) is 2.28. The lowest BCUT2D eigenvalue weighted by molar-refractivity contribution is 0.507. The topological polar surface area (TPSA) is 46.8 Å². The molecule has 1 aromatic carbocycles. The first kappa shape index (κ1) is 13.4. The first-order valence-corrected chi connectivity index (χ1v) is 6.34. The van der Waals surface area contributed by atoms with Gasteiger partial charge in [-0.3, -0.25) is 4.68 Å². The molecule has 0 atom stereocenters. The van der Waals surface area contributed by atoms with E-state index in [-0.39, 0.29) is 0 Å². The number of rotatable bonds is 3. The van der Waals surface area contributed by atoms with Crippen molar-refractivity contribution < 1.29 is 8.78 Å². The van der Waals surface area contributed by atoms with Gasteiger partial charge in [0.05, 0.1) is 11.6 Å². The minimum absolute atomic E-state index is 0.401. The van der Waals surface area contributed by atoms with Crippen molar-refractivity contribution in [1.82, 2.24) is 19.7 Å². The van der Waals surface area contributed by atoms with Crippen LogP contribution < -0.4 is 4.90 Å². The summed E-state index contributed by atoms with van der Waals surface area (Å²) in [4.78, 5) is 10.3. The number of halogens is 2. The van der Waals surface area contributed by atoms with Crippen LogP contribution in [0.1, 0.15) is 5.56 Å². The molecule has 0 aliphatic heterocycles. The zero-order chi connectivity index (χ0) is 15.0. The molecule has 0 spiro atoms. The molecule has 2 aromatic heterocycles. The Morgan fingerprint density at radius 1 is 1.19 bits per heavy atom. The van der Waals surface area contributed by atoms with Gasteiger partial charge in [0, 0.05) is 20.6 Å². The van der Waals surface area contributed by atoms with E-state index in [2.05, 4.69) is 15.1 Å². The van der Waals surface area contributed by atoms with E-state index in [1.807, 2.05) is 11.9 Å². The predicted molar refractivity (Wildman–Crippen MR) is 74.8 cm³/mol. The smallest absolute Gasteiger partial charge is 0.163 e. The summed E-state index contributed by atoms with van der Waals surface area (Å²) >= 11 is 0. The Labute approximate surface area is 119 Å². The summed E-state index contributed by atoms with van der Waals surface area (Å²) in [5, 5.41) is 4.96. The quantitative estimate of drug-likeness (QED) is 0.742. The van der Waals surface area contributed by atoms with Crippen molar-refractivity contribution in [2.75, 3.05) is 11.9 Å². The molecular weight excluding hydrogens is 276 g/mol. The number of anilines is 1. The lowest BCUT2D eigenvalue weighted by atomic mass is 10.2. The van der Waals surface area contributed by atoms with Crippen molar-refractivity contribution in [2.45, 2.75) is 6.54 Å². The lowest BCUT2D eigenvalue weighted by Crippen LogP contribution is -2.18. The Bertz CT molecular complexity index is 799. The summed E-state index contributed by atoms with van der Waals surface area (Å²) in [5.74, 6) is -1.01. The van der Waals surface area contributed by atoms with Gasteiger partial charge >= 0.3 is 0 Å². The summed E-state index contributed by atoms with van der Waals surface area (Å²) in [6, 6.07) is 3.86. The summed E-state index contributed by atoms with van der Waals surface area (Å²) in [6.07, 6.45) is 3.15. The largest absolute Gasteiger partial charge is 0.355 e. The molecule has 0 radical (unpaired) electrons. The van der Waals surface area contributed by atoms with Crippen molar-refractivity contribution in [3.05, 3.63) is 47.9 Å². The molecule has 0 fully saturated rings. The van der Waals surface area contributed by atoms with Crippen molar-refractivity contribution in [1.29, 1.82) is 0 Å². The van der Waals surface area contributed by atoms with Gasteiger partial charge in [0.25, 0.3) is 0 Å². The van der Waals surface area contributed by atoms with Crippen LogP contribution in [0.25, 0.3) is 11.0 Å². The lowest BCUT2D eigenvalue weighted by Gasteiger charge is -2.18. The van der Waals surface area contributed by atoms with E-state index in [9.17, 15) is 8.78 Å². The summed E-state index contributed by atoms with van der Waals surface area (Å²) in [7, 11) is 3.63. The molecule has 108 valence electrons. The molecule has 3 rings (SSSR count). The number of hydrogen-bond acceptors (Lipinski definition) is 4. The van der Waals surface area contributed by atoms with E-state index in [0.29, 0.717) is 17.9 Å². The molecule has 2 heterocycles. The van der Waals surface area contributed by atoms with Gasteiger partial charge in [-0.15, -0.1) is 0 Å². The van der Waals surface area contributed by atoms with Gasteiger partial charge in [0.2, 0.25) is 0 Å². The van der Waals surface area contributed by atoms with E-state index in [0.717, 1.165) is 17.1 Å². The van der Waals surface area contributed by atoms with Crippen LogP contribution in [-0.4, -0.2) is 26.8 Å². The van der Waals surface area contributed by atoms with Crippen molar-refractivity contribution in [3.63, 3.8) is 0 Å². The first-order valence-electron chi connectivity index (χ1n) is 6.34. The van der Waals surface area contributed by atoms with Gasteiger partial charge in [0.1, 0.15) is 12.1 Å². The van der Waals surface area contributed by atoms with Crippen LogP contribution in [0.5, 0.6) is 0 Å². The van der Waals surface area contributed by atoms with Gasteiger partial charge in [-0.25, -0.2) is 18.7 Å². The van der Waals surface area contributed by atoms with Crippen LogP contribution in [0.2, 0.25) is 0 Å². The molecular formula is C14H13F2N5. The molecule has 0 unspecified atom stereocenters. The van der Waals surface area contributed by atoms with Gasteiger partial charge in [-0.05, 0) is 17.7 Å². The van der Waals surface area contributed by atoms with Crippen molar-refractivity contribution in [3.8, 4) is 0 Å². The summed E-state index contributed by atoms with van der Waals surface area (Å²) < 4.78 is 27.9. The Kier molecular flexibility index (Phi) is 3.25. The van der Waals surface area contributed by atoms with Crippen LogP contribution in [0, 0.1) is 11.6 Å². The molecule has 0 aliphatic rings. The zero-order valence-electron chi connectivity index (χ0n) is 11.6. The Morgan fingerprint density at radius 2 is 2.00 bits per heavy atom.